The van der Waals surface area contributed by atoms with Crippen molar-refractivity contribution in [2.75, 3.05) is 0 Å². The normalized spacial score (nSPS) is 11.5. The summed E-state index contributed by atoms with van der Waals surface area (Å²) in [6.07, 6.45) is 1.03. The molecule has 0 aliphatic heterocycles. The van der Waals surface area contributed by atoms with E-state index in [0.717, 1.165) is 6.42 Å². The molecule has 0 atom stereocenters. The van der Waals surface area contributed by atoms with E-state index >= 15 is 0 Å². The topological polar surface area (TPSA) is 17.1 Å². The summed E-state index contributed by atoms with van der Waals surface area (Å²) in [5.41, 5.74) is 2.22. The second kappa shape index (κ2) is 6.10. The lowest BCUT2D eigenvalue weighted by molar-refractivity contribution is 0.103. The summed E-state index contributed by atoms with van der Waals surface area (Å²) in [5.74, 6) is -0.591. The molecule has 0 unspecified atom stereocenters. The van der Waals surface area contributed by atoms with Crippen LogP contribution in [0.1, 0.15) is 48.7 Å². The molecule has 0 amide bonds. The van der Waals surface area contributed by atoms with Gasteiger partial charge in [0, 0.05) is 11.1 Å². The van der Waals surface area contributed by atoms with Crippen molar-refractivity contribution in [2.24, 2.45) is 0 Å². The van der Waals surface area contributed by atoms with Gasteiger partial charge in [0.15, 0.2) is 5.78 Å². The molecule has 2 aromatic rings. The Labute approximate surface area is 133 Å². The second-order valence-corrected chi connectivity index (χ2v) is 6.63. The van der Waals surface area contributed by atoms with Crippen molar-refractivity contribution in [3.05, 3.63) is 69.4 Å². The molecule has 0 aliphatic carbocycles. The molecule has 110 valence electrons. The van der Waals surface area contributed by atoms with E-state index in [0.29, 0.717) is 15.6 Å². The van der Waals surface area contributed by atoms with E-state index in [1.807, 2.05) is 24.3 Å². The van der Waals surface area contributed by atoms with Crippen LogP contribution in [0.2, 0.25) is 0 Å². The van der Waals surface area contributed by atoms with Crippen LogP contribution in [0.15, 0.2) is 46.9 Å². The number of carbonyl (C=O) groups is 1. The summed E-state index contributed by atoms with van der Waals surface area (Å²) >= 11 is 3.09. The highest BCUT2D eigenvalue weighted by Crippen LogP contribution is 2.27. The van der Waals surface area contributed by atoms with Crippen molar-refractivity contribution in [3.8, 4) is 0 Å². The summed E-state index contributed by atoms with van der Waals surface area (Å²) in [7, 11) is 0. The Morgan fingerprint density at radius 3 is 2.19 bits per heavy atom. The van der Waals surface area contributed by atoms with Gasteiger partial charge in [-0.3, -0.25) is 4.79 Å². The first-order chi connectivity index (χ1) is 9.85. The van der Waals surface area contributed by atoms with Crippen LogP contribution in [0, 0.1) is 5.82 Å². The van der Waals surface area contributed by atoms with Crippen LogP contribution in [0.3, 0.4) is 0 Å². The first-order valence-corrected chi connectivity index (χ1v) is 7.75. The van der Waals surface area contributed by atoms with Crippen molar-refractivity contribution in [1.29, 1.82) is 0 Å². The molecule has 2 rings (SSSR count). The lowest BCUT2D eigenvalue weighted by atomic mass is 9.82. The molecule has 1 nitrogen and oxygen atoms in total. The maximum atomic E-state index is 13.5. The monoisotopic (exact) mass is 348 g/mol. The van der Waals surface area contributed by atoms with E-state index in [2.05, 4.69) is 36.7 Å². The van der Waals surface area contributed by atoms with Gasteiger partial charge in [0.1, 0.15) is 5.82 Å². The van der Waals surface area contributed by atoms with Gasteiger partial charge in [-0.1, -0.05) is 45.0 Å². The van der Waals surface area contributed by atoms with Gasteiger partial charge < -0.3 is 0 Å². The van der Waals surface area contributed by atoms with Gasteiger partial charge in [0.2, 0.25) is 0 Å². The first kappa shape index (κ1) is 15.9. The summed E-state index contributed by atoms with van der Waals surface area (Å²) in [6, 6.07) is 12.0. The SMILES string of the molecule is CCC(C)(C)c1ccc(C(=O)c2ccc(Br)c(F)c2)cc1. The van der Waals surface area contributed by atoms with Crippen molar-refractivity contribution >= 4 is 21.7 Å². The summed E-state index contributed by atoms with van der Waals surface area (Å²) in [5, 5.41) is 0. The van der Waals surface area contributed by atoms with E-state index in [1.54, 1.807) is 12.1 Å². The van der Waals surface area contributed by atoms with Crippen LogP contribution in [0.25, 0.3) is 0 Å². The number of rotatable bonds is 4. The highest BCUT2D eigenvalue weighted by atomic mass is 79.9. The Morgan fingerprint density at radius 2 is 1.67 bits per heavy atom. The molecule has 0 fully saturated rings. The van der Waals surface area contributed by atoms with E-state index in [1.165, 1.54) is 11.6 Å². The Balaban J connectivity index is 2.30. The Kier molecular flexibility index (Phi) is 4.62. The number of benzene rings is 2. The number of ketones is 1. The fraction of sp³-hybridized carbons (Fsp3) is 0.278. The largest absolute Gasteiger partial charge is 0.289 e. The predicted octanol–water partition coefficient (Wildman–Crippen LogP) is 5.51. The molecular formula is C18H18BrFO. The summed E-state index contributed by atoms with van der Waals surface area (Å²) in [4.78, 5) is 12.4. The maximum absolute atomic E-state index is 13.5. The lowest BCUT2D eigenvalue weighted by Crippen LogP contribution is -2.15. The molecule has 21 heavy (non-hydrogen) atoms. The van der Waals surface area contributed by atoms with Crippen LogP contribution in [-0.2, 0) is 5.41 Å². The van der Waals surface area contributed by atoms with Gasteiger partial charge in [0.25, 0.3) is 0 Å². The molecule has 0 bridgehead atoms. The average Bonchev–Trinajstić information content (AvgIpc) is 2.49. The molecule has 0 saturated heterocycles. The van der Waals surface area contributed by atoms with Gasteiger partial charge in [-0.05, 0) is 51.5 Å². The minimum Gasteiger partial charge on any atom is -0.289 e. The molecule has 0 aromatic heterocycles. The van der Waals surface area contributed by atoms with Gasteiger partial charge in [-0.2, -0.15) is 0 Å². The number of halogens is 2. The average molecular weight is 349 g/mol. The van der Waals surface area contributed by atoms with Crippen LogP contribution >= 0.6 is 15.9 Å². The minimum atomic E-state index is -0.426. The van der Waals surface area contributed by atoms with Crippen molar-refractivity contribution in [2.45, 2.75) is 32.6 Å². The van der Waals surface area contributed by atoms with Crippen LogP contribution in [-0.4, -0.2) is 5.78 Å². The summed E-state index contributed by atoms with van der Waals surface area (Å²) < 4.78 is 13.9. The quantitative estimate of drug-likeness (QED) is 0.666. The molecule has 0 aliphatic rings. The Bertz CT molecular complexity index is 659. The minimum absolute atomic E-state index is 0.0886. The molecule has 3 heteroatoms. The Hall–Kier alpha value is -1.48. The number of hydrogen-bond acceptors (Lipinski definition) is 1. The maximum Gasteiger partial charge on any atom is 0.193 e. The smallest absolute Gasteiger partial charge is 0.193 e. The zero-order valence-corrected chi connectivity index (χ0v) is 14.0. The zero-order valence-electron chi connectivity index (χ0n) is 12.4. The number of hydrogen-bond donors (Lipinski definition) is 0. The van der Waals surface area contributed by atoms with Crippen LogP contribution < -0.4 is 0 Å². The van der Waals surface area contributed by atoms with Crippen molar-refractivity contribution in [3.63, 3.8) is 0 Å². The van der Waals surface area contributed by atoms with Gasteiger partial charge in [-0.25, -0.2) is 4.39 Å². The molecule has 0 heterocycles. The van der Waals surface area contributed by atoms with Crippen molar-refractivity contribution in [1.82, 2.24) is 0 Å². The third kappa shape index (κ3) is 3.41. The molecular weight excluding hydrogens is 331 g/mol. The zero-order chi connectivity index (χ0) is 15.6. The Morgan fingerprint density at radius 1 is 1.10 bits per heavy atom. The molecule has 0 spiro atoms. The van der Waals surface area contributed by atoms with Gasteiger partial charge in [0.05, 0.1) is 4.47 Å². The molecule has 0 radical (unpaired) electrons. The third-order valence-electron chi connectivity index (χ3n) is 3.99. The van der Waals surface area contributed by atoms with Gasteiger partial charge >= 0.3 is 0 Å². The van der Waals surface area contributed by atoms with E-state index in [9.17, 15) is 9.18 Å². The highest BCUT2D eigenvalue weighted by molar-refractivity contribution is 9.10. The lowest BCUT2D eigenvalue weighted by Gasteiger charge is -2.23. The fourth-order valence-corrected chi connectivity index (χ4v) is 2.33. The van der Waals surface area contributed by atoms with E-state index in [4.69, 9.17) is 0 Å². The van der Waals surface area contributed by atoms with E-state index < -0.39 is 5.82 Å². The fourth-order valence-electron chi connectivity index (χ4n) is 2.08. The van der Waals surface area contributed by atoms with Crippen LogP contribution in [0.5, 0.6) is 0 Å². The molecule has 0 saturated carbocycles. The van der Waals surface area contributed by atoms with E-state index in [-0.39, 0.29) is 11.2 Å². The highest BCUT2D eigenvalue weighted by Gasteiger charge is 2.18. The molecule has 0 N–H and O–H groups in total. The predicted molar refractivity (Wildman–Crippen MR) is 87.3 cm³/mol. The first-order valence-electron chi connectivity index (χ1n) is 6.95. The number of carbonyl (C=O) groups excluding carboxylic acids is 1. The molecule has 2 aromatic carbocycles. The second-order valence-electron chi connectivity index (χ2n) is 5.77. The third-order valence-corrected chi connectivity index (χ3v) is 4.64. The standard InChI is InChI=1S/C18H18BrFO/c1-4-18(2,3)14-8-5-12(6-9-14)17(21)13-7-10-15(19)16(20)11-13/h5-11H,4H2,1-3H3. The van der Waals surface area contributed by atoms with Crippen molar-refractivity contribution < 1.29 is 9.18 Å². The van der Waals surface area contributed by atoms with Gasteiger partial charge in [-0.15, -0.1) is 0 Å². The summed E-state index contributed by atoms with van der Waals surface area (Å²) in [6.45, 7) is 6.49. The van der Waals surface area contributed by atoms with Crippen LogP contribution in [0.4, 0.5) is 4.39 Å².